The third-order valence-electron chi connectivity index (χ3n) is 6.97. The lowest BCUT2D eigenvalue weighted by molar-refractivity contribution is -0.928. The molecule has 0 aliphatic heterocycles. The zero-order chi connectivity index (χ0) is 26.9. The molecule has 0 amide bonds. The van der Waals surface area contributed by atoms with Gasteiger partial charge >= 0.3 is 11.9 Å². The smallest absolute Gasteiger partial charge is 0.303 e. The van der Waals surface area contributed by atoms with E-state index in [0.717, 1.165) is 62.8 Å². The maximum Gasteiger partial charge on any atom is 0.303 e. The Balaban J connectivity index is 4.74. The molecular formula is C29H53NO6. The minimum absolute atomic E-state index is 0.0521. The molecule has 7 nitrogen and oxygen atoms in total. The van der Waals surface area contributed by atoms with Gasteiger partial charge in [-0.25, -0.2) is 0 Å². The Morgan fingerprint density at radius 1 is 0.583 bits per heavy atom. The van der Waals surface area contributed by atoms with Crippen molar-refractivity contribution < 1.29 is 34.2 Å². The molecule has 0 aromatic rings. The summed E-state index contributed by atoms with van der Waals surface area (Å²) >= 11 is 0. The molecule has 0 heterocycles. The molecule has 0 spiro atoms. The molecule has 0 saturated heterocycles. The molecule has 0 aromatic carbocycles. The van der Waals surface area contributed by atoms with Crippen LogP contribution in [0.25, 0.3) is 0 Å². The average molecular weight is 512 g/mol. The van der Waals surface area contributed by atoms with E-state index >= 15 is 0 Å². The molecule has 0 aromatic heterocycles. The highest BCUT2D eigenvalue weighted by Gasteiger charge is 2.25. The highest BCUT2D eigenvalue weighted by Crippen LogP contribution is 2.18. The van der Waals surface area contributed by atoms with Crippen molar-refractivity contribution in [3.63, 3.8) is 0 Å². The second-order valence-corrected chi connectivity index (χ2v) is 10.3. The normalized spacial score (nSPS) is 11.8. The Morgan fingerprint density at radius 3 is 1.50 bits per heavy atom. The first-order valence-corrected chi connectivity index (χ1v) is 14.4. The Hall–Kier alpha value is -1.89. The van der Waals surface area contributed by atoms with E-state index in [0.29, 0.717) is 19.3 Å². The number of carbonyl (C=O) groups is 3. The van der Waals surface area contributed by atoms with Crippen LogP contribution in [0.2, 0.25) is 0 Å². The van der Waals surface area contributed by atoms with Gasteiger partial charge < -0.3 is 24.6 Å². The van der Waals surface area contributed by atoms with Crippen molar-refractivity contribution in [1.82, 2.24) is 0 Å². The van der Waals surface area contributed by atoms with Crippen LogP contribution in [-0.2, 0) is 14.4 Å². The van der Waals surface area contributed by atoms with Crippen LogP contribution in [0.3, 0.4) is 0 Å². The number of hydrogen-bond acceptors (Lipinski definition) is 4. The van der Waals surface area contributed by atoms with Gasteiger partial charge in [0.25, 0.3) is 0 Å². The van der Waals surface area contributed by atoms with Crippen molar-refractivity contribution in [3.05, 3.63) is 12.2 Å². The SMILES string of the molecule is CCCCCCCCCC/C=C/CC[N+](CCCCC(=O)[O-])(CCCCC(=O)O)CCCCC(=O)O. The molecule has 0 fully saturated rings. The number of unbranched alkanes of at least 4 members (excludes halogenated alkanes) is 11. The summed E-state index contributed by atoms with van der Waals surface area (Å²) in [5.41, 5.74) is 0. The first-order chi connectivity index (χ1) is 17.3. The van der Waals surface area contributed by atoms with Gasteiger partial charge in [-0.3, -0.25) is 9.59 Å². The highest BCUT2D eigenvalue weighted by molar-refractivity contribution is 5.66. The summed E-state index contributed by atoms with van der Waals surface area (Å²) in [6.45, 7) is 5.68. The van der Waals surface area contributed by atoms with Gasteiger partial charge in [0.05, 0.1) is 26.2 Å². The summed E-state index contributed by atoms with van der Waals surface area (Å²) in [4.78, 5) is 32.7. The van der Waals surface area contributed by atoms with Gasteiger partial charge in [0, 0.05) is 25.2 Å². The third-order valence-corrected chi connectivity index (χ3v) is 6.97. The summed E-state index contributed by atoms with van der Waals surface area (Å²) in [5.74, 6) is -2.60. The van der Waals surface area contributed by atoms with Crippen molar-refractivity contribution in [2.45, 2.75) is 129 Å². The number of nitrogens with zero attached hydrogens (tertiary/aromatic N) is 1. The second-order valence-electron chi connectivity index (χ2n) is 10.3. The Labute approximate surface area is 219 Å². The van der Waals surface area contributed by atoms with E-state index in [1.807, 2.05) is 0 Å². The fourth-order valence-electron chi connectivity index (χ4n) is 4.81. The zero-order valence-electron chi connectivity index (χ0n) is 22.9. The van der Waals surface area contributed by atoms with Gasteiger partial charge in [-0.15, -0.1) is 0 Å². The fourth-order valence-corrected chi connectivity index (χ4v) is 4.81. The van der Waals surface area contributed by atoms with Crippen LogP contribution >= 0.6 is 0 Å². The predicted molar refractivity (Wildman–Crippen MR) is 143 cm³/mol. The van der Waals surface area contributed by atoms with E-state index in [1.54, 1.807) is 0 Å². The van der Waals surface area contributed by atoms with Crippen molar-refractivity contribution in [2.24, 2.45) is 0 Å². The molecule has 7 heteroatoms. The van der Waals surface area contributed by atoms with Gasteiger partial charge in [0.2, 0.25) is 0 Å². The number of rotatable bonds is 27. The number of allylic oxidation sites excluding steroid dienone is 1. The van der Waals surface area contributed by atoms with Crippen LogP contribution in [0.1, 0.15) is 129 Å². The monoisotopic (exact) mass is 511 g/mol. The lowest BCUT2D eigenvalue weighted by atomic mass is 10.1. The number of carboxylic acid groups (broad SMARTS) is 3. The van der Waals surface area contributed by atoms with Crippen molar-refractivity contribution in [2.75, 3.05) is 26.2 Å². The molecule has 0 radical (unpaired) electrons. The van der Waals surface area contributed by atoms with E-state index in [2.05, 4.69) is 19.1 Å². The van der Waals surface area contributed by atoms with E-state index in [4.69, 9.17) is 10.2 Å². The summed E-state index contributed by atoms with van der Waals surface area (Å²) in [7, 11) is 0. The lowest BCUT2D eigenvalue weighted by Crippen LogP contribution is -2.50. The third kappa shape index (κ3) is 22.6. The molecular weight excluding hydrogens is 458 g/mol. The molecule has 0 unspecified atom stereocenters. The van der Waals surface area contributed by atoms with Crippen LogP contribution in [0.4, 0.5) is 0 Å². The molecule has 2 N–H and O–H groups in total. The Morgan fingerprint density at radius 2 is 1.03 bits per heavy atom. The minimum atomic E-state index is -1.03. The molecule has 0 aliphatic carbocycles. The topological polar surface area (TPSA) is 115 Å². The number of carboxylic acids is 3. The molecule has 0 rings (SSSR count). The van der Waals surface area contributed by atoms with Gasteiger partial charge in [-0.05, 0) is 57.8 Å². The van der Waals surface area contributed by atoms with Crippen LogP contribution in [0, 0.1) is 0 Å². The molecule has 0 bridgehead atoms. The summed E-state index contributed by atoms with van der Waals surface area (Å²) < 4.78 is 0.800. The molecule has 0 aliphatic rings. The highest BCUT2D eigenvalue weighted by atomic mass is 16.4. The summed E-state index contributed by atoms with van der Waals surface area (Å²) in [5, 5.41) is 28.8. The first-order valence-electron chi connectivity index (χ1n) is 14.4. The first kappa shape index (κ1) is 34.1. The van der Waals surface area contributed by atoms with Crippen molar-refractivity contribution in [3.8, 4) is 0 Å². The van der Waals surface area contributed by atoms with E-state index < -0.39 is 17.9 Å². The maximum atomic E-state index is 10.9. The van der Waals surface area contributed by atoms with E-state index in [9.17, 15) is 19.5 Å². The average Bonchev–Trinajstić information content (AvgIpc) is 2.82. The van der Waals surface area contributed by atoms with Crippen LogP contribution in [0.5, 0.6) is 0 Å². The molecule has 36 heavy (non-hydrogen) atoms. The molecule has 0 saturated carbocycles. The lowest BCUT2D eigenvalue weighted by Gasteiger charge is -2.39. The van der Waals surface area contributed by atoms with E-state index in [-0.39, 0.29) is 19.3 Å². The predicted octanol–water partition coefficient (Wildman–Crippen LogP) is 5.71. The Bertz CT molecular complexity index is 550. The van der Waals surface area contributed by atoms with Gasteiger partial charge in [-0.2, -0.15) is 0 Å². The second kappa shape index (κ2) is 23.5. The summed E-state index contributed by atoms with van der Waals surface area (Å²) in [6.07, 6.45) is 21.6. The van der Waals surface area contributed by atoms with Crippen LogP contribution in [-0.4, -0.2) is 58.8 Å². The van der Waals surface area contributed by atoms with Gasteiger partial charge in [-0.1, -0.05) is 64.0 Å². The molecule has 210 valence electrons. The maximum absolute atomic E-state index is 10.9. The standard InChI is InChI=1S/C29H53NO6/c1-2-3-4-5-6-7-8-9-10-11-12-16-23-30(24-17-13-20-27(31)32,25-18-14-21-28(33)34)26-19-15-22-29(35)36/h11-12H,2-10,13-26H2,1H3,(H2-,31,32,33,34,35,36)/b12-11+. The fraction of sp³-hybridized carbons (Fsp3) is 0.828. The van der Waals surface area contributed by atoms with Crippen LogP contribution in [0.15, 0.2) is 12.2 Å². The zero-order valence-corrected chi connectivity index (χ0v) is 22.9. The largest absolute Gasteiger partial charge is 0.550 e. The Kier molecular flexibility index (Phi) is 22.3. The van der Waals surface area contributed by atoms with Crippen molar-refractivity contribution in [1.29, 1.82) is 0 Å². The minimum Gasteiger partial charge on any atom is -0.550 e. The van der Waals surface area contributed by atoms with Crippen molar-refractivity contribution >= 4 is 17.9 Å². The number of hydrogen-bond donors (Lipinski definition) is 2. The number of aliphatic carboxylic acids is 3. The van der Waals surface area contributed by atoms with Gasteiger partial charge in [0.15, 0.2) is 0 Å². The molecule has 0 atom stereocenters. The number of quaternary nitrogens is 1. The quantitative estimate of drug-likeness (QED) is 0.0829. The van der Waals surface area contributed by atoms with Crippen LogP contribution < -0.4 is 5.11 Å². The summed E-state index contributed by atoms with van der Waals surface area (Å²) in [6, 6.07) is 0. The van der Waals surface area contributed by atoms with E-state index in [1.165, 1.54) is 51.4 Å². The van der Waals surface area contributed by atoms with Gasteiger partial charge in [0.1, 0.15) is 0 Å². The number of carbonyl (C=O) groups excluding carboxylic acids is 1.